The van der Waals surface area contributed by atoms with Crippen molar-refractivity contribution >= 4 is 18.0 Å². The molecule has 3 fully saturated rings. The summed E-state index contributed by atoms with van der Waals surface area (Å²) in [6.07, 6.45) is 4.04. The van der Waals surface area contributed by atoms with Gasteiger partial charge in [0.2, 0.25) is 5.91 Å². The third kappa shape index (κ3) is 4.74. The minimum absolute atomic E-state index is 0.131. The van der Waals surface area contributed by atoms with Crippen LogP contribution in [0.4, 0.5) is 4.79 Å². The van der Waals surface area contributed by atoms with Gasteiger partial charge in [0.15, 0.2) is 0 Å². The van der Waals surface area contributed by atoms with Crippen LogP contribution >= 0.6 is 0 Å². The van der Waals surface area contributed by atoms with Crippen molar-refractivity contribution in [3.05, 3.63) is 0 Å². The molecular formula is C22H37N3O5. The van der Waals surface area contributed by atoms with Gasteiger partial charge in [0.25, 0.3) is 0 Å². The summed E-state index contributed by atoms with van der Waals surface area (Å²) in [7, 11) is 0. The smallest absolute Gasteiger partial charge is 0.410 e. The molecule has 1 saturated carbocycles. The van der Waals surface area contributed by atoms with E-state index in [0.717, 1.165) is 19.3 Å². The summed E-state index contributed by atoms with van der Waals surface area (Å²) in [6.45, 7) is 9.20. The van der Waals surface area contributed by atoms with E-state index in [0.29, 0.717) is 58.5 Å². The van der Waals surface area contributed by atoms with E-state index in [-0.39, 0.29) is 23.8 Å². The summed E-state index contributed by atoms with van der Waals surface area (Å²) in [5, 5.41) is 13.5. The van der Waals surface area contributed by atoms with Gasteiger partial charge < -0.3 is 25.0 Å². The number of hydrogen-bond acceptors (Lipinski definition) is 5. The predicted molar refractivity (Wildman–Crippen MR) is 112 cm³/mol. The van der Waals surface area contributed by atoms with Crippen molar-refractivity contribution in [3.63, 3.8) is 0 Å². The molecule has 2 aliphatic heterocycles. The Hall–Kier alpha value is -1.83. The highest BCUT2D eigenvalue weighted by Gasteiger charge is 2.57. The number of piperazine rings is 1. The Morgan fingerprint density at radius 3 is 2.17 bits per heavy atom. The van der Waals surface area contributed by atoms with Gasteiger partial charge in [-0.1, -0.05) is 12.8 Å². The number of piperidine rings is 1. The first-order chi connectivity index (χ1) is 14.1. The van der Waals surface area contributed by atoms with E-state index in [1.807, 2.05) is 20.8 Å². The highest BCUT2D eigenvalue weighted by atomic mass is 16.6. The van der Waals surface area contributed by atoms with Gasteiger partial charge in [0.1, 0.15) is 11.0 Å². The minimum Gasteiger partial charge on any atom is -0.480 e. The number of likely N-dealkylation sites (tertiary alicyclic amines) is 1. The van der Waals surface area contributed by atoms with E-state index in [9.17, 15) is 19.5 Å². The Labute approximate surface area is 179 Å². The van der Waals surface area contributed by atoms with Crippen LogP contribution in [0.5, 0.6) is 0 Å². The molecule has 0 aromatic heterocycles. The van der Waals surface area contributed by atoms with Crippen LogP contribution in [-0.2, 0) is 14.3 Å². The summed E-state index contributed by atoms with van der Waals surface area (Å²) < 4.78 is 5.48. The fourth-order valence-corrected chi connectivity index (χ4v) is 5.42. The van der Waals surface area contributed by atoms with Crippen molar-refractivity contribution in [3.8, 4) is 0 Å². The molecule has 170 valence electrons. The SMILES string of the molecule is CC(C)(C)OC(=O)N1CCC(C2CCCCC2(C(=O)O)C(=O)N2CCNCC2)CC1. The number of amides is 2. The first-order valence-corrected chi connectivity index (χ1v) is 11.4. The summed E-state index contributed by atoms with van der Waals surface area (Å²) >= 11 is 0. The molecule has 30 heavy (non-hydrogen) atoms. The third-order valence-corrected chi connectivity index (χ3v) is 6.90. The number of hydrogen-bond donors (Lipinski definition) is 2. The second kappa shape index (κ2) is 9.12. The molecule has 2 unspecified atom stereocenters. The van der Waals surface area contributed by atoms with Gasteiger partial charge in [-0.25, -0.2) is 4.79 Å². The maximum Gasteiger partial charge on any atom is 0.410 e. The lowest BCUT2D eigenvalue weighted by atomic mass is 9.59. The van der Waals surface area contributed by atoms with Crippen LogP contribution in [0.1, 0.15) is 59.3 Å². The van der Waals surface area contributed by atoms with Gasteiger partial charge in [0.05, 0.1) is 0 Å². The Morgan fingerprint density at radius 1 is 0.967 bits per heavy atom. The monoisotopic (exact) mass is 423 g/mol. The van der Waals surface area contributed by atoms with E-state index < -0.39 is 17.0 Å². The summed E-state index contributed by atoms with van der Waals surface area (Å²) in [6, 6.07) is 0. The molecular weight excluding hydrogens is 386 g/mol. The zero-order valence-corrected chi connectivity index (χ0v) is 18.6. The topological polar surface area (TPSA) is 99.2 Å². The van der Waals surface area contributed by atoms with Crippen molar-refractivity contribution in [2.75, 3.05) is 39.3 Å². The summed E-state index contributed by atoms with van der Waals surface area (Å²) in [4.78, 5) is 42.0. The number of carboxylic acids is 1. The fourth-order valence-electron chi connectivity index (χ4n) is 5.42. The van der Waals surface area contributed by atoms with Crippen molar-refractivity contribution in [1.82, 2.24) is 15.1 Å². The average Bonchev–Trinajstić information content (AvgIpc) is 2.72. The lowest BCUT2D eigenvalue weighted by Crippen LogP contribution is -2.59. The molecule has 0 aromatic rings. The standard InChI is InChI=1S/C22H37N3O5/c1-21(2,3)30-20(29)25-12-7-16(8-13-25)17-6-4-5-9-22(17,19(27)28)18(26)24-14-10-23-11-15-24/h16-17,23H,4-15H2,1-3H3,(H,27,28). The van der Waals surface area contributed by atoms with E-state index in [1.165, 1.54) is 0 Å². The molecule has 2 N–H and O–H groups in total. The summed E-state index contributed by atoms with van der Waals surface area (Å²) in [5.41, 5.74) is -1.86. The van der Waals surface area contributed by atoms with Gasteiger partial charge in [-0.15, -0.1) is 0 Å². The van der Waals surface area contributed by atoms with Crippen molar-refractivity contribution in [2.45, 2.75) is 64.9 Å². The maximum absolute atomic E-state index is 13.5. The fraction of sp³-hybridized carbons (Fsp3) is 0.864. The molecule has 2 amide bonds. The number of nitrogens with zero attached hydrogens (tertiary/aromatic N) is 2. The lowest BCUT2D eigenvalue weighted by Gasteiger charge is -2.48. The average molecular weight is 424 g/mol. The van der Waals surface area contributed by atoms with Crippen molar-refractivity contribution in [1.29, 1.82) is 0 Å². The van der Waals surface area contributed by atoms with Crippen LogP contribution in [0.25, 0.3) is 0 Å². The van der Waals surface area contributed by atoms with E-state index in [4.69, 9.17) is 4.74 Å². The molecule has 1 aliphatic carbocycles. The molecule has 3 rings (SSSR count). The number of carbonyl (C=O) groups excluding carboxylic acids is 2. The van der Waals surface area contributed by atoms with Crippen LogP contribution in [0.2, 0.25) is 0 Å². The van der Waals surface area contributed by atoms with E-state index >= 15 is 0 Å². The minimum atomic E-state index is -1.33. The number of nitrogens with one attached hydrogen (secondary N) is 1. The van der Waals surface area contributed by atoms with Gasteiger partial charge in [-0.2, -0.15) is 0 Å². The zero-order valence-electron chi connectivity index (χ0n) is 18.6. The molecule has 8 heteroatoms. The molecule has 2 atom stereocenters. The highest BCUT2D eigenvalue weighted by molar-refractivity contribution is 6.02. The molecule has 0 aromatic carbocycles. The summed E-state index contributed by atoms with van der Waals surface area (Å²) in [5.74, 6) is -1.21. The van der Waals surface area contributed by atoms with Gasteiger partial charge >= 0.3 is 12.1 Å². The maximum atomic E-state index is 13.5. The van der Waals surface area contributed by atoms with Gasteiger partial charge in [-0.05, 0) is 58.3 Å². The molecule has 2 heterocycles. The Morgan fingerprint density at radius 2 is 1.60 bits per heavy atom. The Bertz CT molecular complexity index is 648. The van der Waals surface area contributed by atoms with E-state index in [1.54, 1.807) is 9.80 Å². The second-order valence-corrected chi connectivity index (χ2v) is 9.98. The third-order valence-electron chi connectivity index (χ3n) is 6.90. The van der Waals surface area contributed by atoms with Crippen LogP contribution in [0.15, 0.2) is 0 Å². The molecule has 3 aliphatic rings. The molecule has 0 spiro atoms. The van der Waals surface area contributed by atoms with Crippen molar-refractivity contribution in [2.24, 2.45) is 17.3 Å². The largest absolute Gasteiger partial charge is 0.480 e. The van der Waals surface area contributed by atoms with Gasteiger partial charge in [0, 0.05) is 39.3 Å². The number of carboxylic acid groups (broad SMARTS) is 1. The molecule has 0 bridgehead atoms. The van der Waals surface area contributed by atoms with E-state index in [2.05, 4.69) is 5.32 Å². The van der Waals surface area contributed by atoms with Crippen LogP contribution in [-0.4, -0.2) is 77.7 Å². The van der Waals surface area contributed by atoms with Crippen LogP contribution in [0, 0.1) is 17.3 Å². The first-order valence-electron chi connectivity index (χ1n) is 11.4. The highest BCUT2D eigenvalue weighted by Crippen LogP contribution is 2.49. The lowest BCUT2D eigenvalue weighted by molar-refractivity contribution is -0.171. The Kier molecular flexibility index (Phi) is 6.95. The number of aliphatic carboxylic acids is 1. The van der Waals surface area contributed by atoms with Crippen molar-refractivity contribution < 1.29 is 24.2 Å². The molecule has 8 nitrogen and oxygen atoms in total. The quantitative estimate of drug-likeness (QED) is 0.676. The number of ether oxygens (including phenoxy) is 1. The predicted octanol–water partition coefficient (Wildman–Crippen LogP) is 2.33. The number of rotatable bonds is 3. The first kappa shape index (κ1) is 22.8. The second-order valence-electron chi connectivity index (χ2n) is 9.98. The Balaban J connectivity index is 1.73. The van der Waals surface area contributed by atoms with Crippen LogP contribution in [0.3, 0.4) is 0 Å². The van der Waals surface area contributed by atoms with Crippen LogP contribution < -0.4 is 5.32 Å². The zero-order chi connectivity index (χ0) is 21.9. The molecule has 2 saturated heterocycles. The number of carbonyl (C=O) groups is 3. The normalized spacial score (nSPS) is 28.8. The molecule has 0 radical (unpaired) electrons. The van der Waals surface area contributed by atoms with Gasteiger partial charge in [-0.3, -0.25) is 9.59 Å².